The number of rotatable bonds is 6. The van der Waals surface area contributed by atoms with Crippen molar-refractivity contribution in [1.82, 2.24) is 10.6 Å². The molecule has 0 saturated carbocycles. The molecule has 2 N–H and O–H groups in total. The van der Waals surface area contributed by atoms with Crippen LogP contribution in [0.4, 0.5) is 0 Å². The van der Waals surface area contributed by atoms with Gasteiger partial charge in [-0.15, -0.1) is 0 Å². The first-order valence-corrected chi connectivity index (χ1v) is 9.17. The first kappa shape index (κ1) is 17.3. The number of benzene rings is 1. The summed E-state index contributed by atoms with van der Waals surface area (Å²) in [5.74, 6) is 1.40. The molecule has 2 aliphatic heterocycles. The molecule has 0 spiro atoms. The molecule has 0 aliphatic carbocycles. The standard InChI is InChI=1S/C17H24Cl2N2O2/c18-14-10-13(17-21-7-9-23-17)11-15(19)16(14)22-8-1-2-12-3-5-20-6-4-12/h10-12,17,20-21H,1-9H2. The van der Waals surface area contributed by atoms with Gasteiger partial charge in [-0.3, -0.25) is 5.32 Å². The van der Waals surface area contributed by atoms with Crippen molar-refractivity contribution in [3.63, 3.8) is 0 Å². The molecule has 0 aromatic heterocycles. The molecule has 2 fully saturated rings. The van der Waals surface area contributed by atoms with Gasteiger partial charge in [0, 0.05) is 6.54 Å². The Bertz CT molecular complexity index is 492. The van der Waals surface area contributed by atoms with Crippen LogP contribution in [0.25, 0.3) is 0 Å². The second kappa shape index (κ2) is 8.54. The van der Waals surface area contributed by atoms with Crippen LogP contribution in [0.3, 0.4) is 0 Å². The van der Waals surface area contributed by atoms with E-state index in [4.69, 9.17) is 32.7 Å². The zero-order valence-corrected chi connectivity index (χ0v) is 14.8. The first-order chi connectivity index (χ1) is 11.2. The monoisotopic (exact) mass is 358 g/mol. The van der Waals surface area contributed by atoms with Crippen molar-refractivity contribution in [3.8, 4) is 5.75 Å². The summed E-state index contributed by atoms with van der Waals surface area (Å²) in [6.45, 7) is 4.48. The molecule has 23 heavy (non-hydrogen) atoms. The van der Waals surface area contributed by atoms with Crippen LogP contribution < -0.4 is 15.4 Å². The van der Waals surface area contributed by atoms with Gasteiger partial charge in [0.1, 0.15) is 6.23 Å². The van der Waals surface area contributed by atoms with Crippen LogP contribution in [-0.2, 0) is 4.74 Å². The summed E-state index contributed by atoms with van der Waals surface area (Å²) in [7, 11) is 0. The smallest absolute Gasteiger partial charge is 0.156 e. The highest BCUT2D eigenvalue weighted by molar-refractivity contribution is 6.37. The van der Waals surface area contributed by atoms with Crippen LogP contribution >= 0.6 is 23.2 Å². The molecule has 128 valence electrons. The fraction of sp³-hybridized carbons (Fsp3) is 0.647. The predicted octanol–water partition coefficient (Wildman–Crippen LogP) is 3.77. The summed E-state index contributed by atoms with van der Waals surface area (Å²) in [5, 5.41) is 7.74. The molecule has 2 saturated heterocycles. The van der Waals surface area contributed by atoms with Crippen molar-refractivity contribution >= 4 is 23.2 Å². The van der Waals surface area contributed by atoms with Gasteiger partial charge in [0.25, 0.3) is 0 Å². The number of halogens is 2. The van der Waals surface area contributed by atoms with E-state index in [9.17, 15) is 0 Å². The molecule has 6 heteroatoms. The highest BCUT2D eigenvalue weighted by Gasteiger charge is 2.20. The lowest BCUT2D eigenvalue weighted by molar-refractivity contribution is 0.102. The first-order valence-electron chi connectivity index (χ1n) is 8.41. The quantitative estimate of drug-likeness (QED) is 0.759. The molecular formula is C17H24Cl2N2O2. The van der Waals surface area contributed by atoms with Crippen LogP contribution in [-0.4, -0.2) is 32.8 Å². The van der Waals surface area contributed by atoms with Gasteiger partial charge in [0.05, 0.1) is 23.3 Å². The molecule has 0 amide bonds. The highest BCUT2D eigenvalue weighted by Crippen LogP contribution is 2.36. The summed E-state index contributed by atoms with van der Waals surface area (Å²) in [5.41, 5.74) is 0.944. The zero-order chi connectivity index (χ0) is 16.1. The van der Waals surface area contributed by atoms with Gasteiger partial charge in [-0.2, -0.15) is 0 Å². The minimum Gasteiger partial charge on any atom is -0.490 e. The van der Waals surface area contributed by atoms with Crippen molar-refractivity contribution in [3.05, 3.63) is 27.7 Å². The second-order valence-electron chi connectivity index (χ2n) is 6.20. The van der Waals surface area contributed by atoms with E-state index < -0.39 is 0 Å². The molecule has 1 unspecified atom stereocenters. The van der Waals surface area contributed by atoms with Gasteiger partial charge >= 0.3 is 0 Å². The Kier molecular flexibility index (Phi) is 6.43. The maximum absolute atomic E-state index is 6.34. The average molecular weight is 359 g/mol. The molecule has 2 aliphatic rings. The third kappa shape index (κ3) is 4.74. The molecule has 1 aromatic carbocycles. The number of hydrogen-bond acceptors (Lipinski definition) is 4. The van der Waals surface area contributed by atoms with E-state index in [1.807, 2.05) is 12.1 Å². The molecular weight excluding hydrogens is 335 g/mol. The summed E-state index contributed by atoms with van der Waals surface area (Å²) in [4.78, 5) is 0. The third-order valence-electron chi connectivity index (χ3n) is 4.50. The molecule has 0 bridgehead atoms. The lowest BCUT2D eigenvalue weighted by atomic mass is 9.93. The Morgan fingerprint density at radius 2 is 1.87 bits per heavy atom. The third-order valence-corrected chi connectivity index (χ3v) is 5.06. The van der Waals surface area contributed by atoms with Crippen molar-refractivity contribution in [2.45, 2.75) is 31.9 Å². The summed E-state index contributed by atoms with van der Waals surface area (Å²) in [6, 6.07) is 3.75. The van der Waals surface area contributed by atoms with Crippen LogP contribution in [0.5, 0.6) is 5.75 Å². The molecule has 1 aromatic rings. The highest BCUT2D eigenvalue weighted by atomic mass is 35.5. The maximum atomic E-state index is 6.34. The summed E-state index contributed by atoms with van der Waals surface area (Å²) in [6.07, 6.45) is 4.65. The number of ether oxygens (including phenoxy) is 2. The van der Waals surface area contributed by atoms with E-state index in [-0.39, 0.29) is 6.23 Å². The van der Waals surface area contributed by atoms with E-state index in [1.165, 1.54) is 19.3 Å². The largest absolute Gasteiger partial charge is 0.490 e. The maximum Gasteiger partial charge on any atom is 0.156 e. The Balaban J connectivity index is 1.51. The molecule has 2 heterocycles. The van der Waals surface area contributed by atoms with E-state index in [1.54, 1.807) is 0 Å². The van der Waals surface area contributed by atoms with E-state index in [0.29, 0.717) is 29.0 Å². The van der Waals surface area contributed by atoms with Gasteiger partial charge in [0.2, 0.25) is 0 Å². The van der Waals surface area contributed by atoms with E-state index >= 15 is 0 Å². The molecule has 0 radical (unpaired) electrons. The Morgan fingerprint density at radius 1 is 1.13 bits per heavy atom. The van der Waals surface area contributed by atoms with Gasteiger partial charge in [-0.05, 0) is 62.4 Å². The van der Waals surface area contributed by atoms with Crippen LogP contribution in [0, 0.1) is 5.92 Å². The zero-order valence-electron chi connectivity index (χ0n) is 13.2. The summed E-state index contributed by atoms with van der Waals surface area (Å²) < 4.78 is 11.4. The van der Waals surface area contributed by atoms with E-state index in [0.717, 1.165) is 37.5 Å². The van der Waals surface area contributed by atoms with Crippen LogP contribution in [0.15, 0.2) is 12.1 Å². The second-order valence-corrected chi connectivity index (χ2v) is 7.02. The van der Waals surface area contributed by atoms with Crippen molar-refractivity contribution in [2.24, 2.45) is 5.92 Å². The Hall–Kier alpha value is -0.520. The molecule has 1 atom stereocenters. The Morgan fingerprint density at radius 3 is 2.52 bits per heavy atom. The normalized spacial score (nSPS) is 22.4. The van der Waals surface area contributed by atoms with Crippen molar-refractivity contribution in [2.75, 3.05) is 32.8 Å². The number of piperidine rings is 1. The van der Waals surface area contributed by atoms with Gasteiger partial charge in [-0.25, -0.2) is 0 Å². The minimum absolute atomic E-state index is 0.126. The van der Waals surface area contributed by atoms with Gasteiger partial charge in [-0.1, -0.05) is 23.2 Å². The van der Waals surface area contributed by atoms with Crippen LogP contribution in [0.1, 0.15) is 37.5 Å². The fourth-order valence-electron chi connectivity index (χ4n) is 3.23. The summed E-state index contributed by atoms with van der Waals surface area (Å²) >= 11 is 12.7. The number of hydrogen-bond donors (Lipinski definition) is 2. The molecule has 3 rings (SSSR count). The van der Waals surface area contributed by atoms with E-state index in [2.05, 4.69) is 10.6 Å². The lowest BCUT2D eigenvalue weighted by Crippen LogP contribution is -2.27. The lowest BCUT2D eigenvalue weighted by Gasteiger charge is -2.22. The fourth-order valence-corrected chi connectivity index (χ4v) is 3.84. The van der Waals surface area contributed by atoms with Gasteiger partial charge < -0.3 is 14.8 Å². The topological polar surface area (TPSA) is 42.5 Å². The van der Waals surface area contributed by atoms with Crippen molar-refractivity contribution in [1.29, 1.82) is 0 Å². The molecule has 4 nitrogen and oxygen atoms in total. The van der Waals surface area contributed by atoms with Crippen LogP contribution in [0.2, 0.25) is 10.0 Å². The number of nitrogens with one attached hydrogen (secondary N) is 2. The average Bonchev–Trinajstić information content (AvgIpc) is 3.09. The minimum atomic E-state index is -0.126. The Labute approximate surface area is 147 Å². The van der Waals surface area contributed by atoms with Crippen molar-refractivity contribution < 1.29 is 9.47 Å². The van der Waals surface area contributed by atoms with Gasteiger partial charge in [0.15, 0.2) is 5.75 Å². The predicted molar refractivity (Wildman–Crippen MR) is 93.5 cm³/mol. The SMILES string of the molecule is Clc1cc(C2NCCO2)cc(Cl)c1OCCCC1CCNCC1.